The third kappa shape index (κ3) is 4.26. The third-order valence-corrected chi connectivity index (χ3v) is 3.83. The highest BCUT2D eigenvalue weighted by molar-refractivity contribution is 7.98. The van der Waals surface area contributed by atoms with E-state index in [1.807, 2.05) is 0 Å². The first-order chi connectivity index (χ1) is 9.86. The van der Waals surface area contributed by atoms with E-state index in [-0.39, 0.29) is 5.56 Å². The average molecular weight is 312 g/mol. The van der Waals surface area contributed by atoms with Crippen molar-refractivity contribution in [1.82, 2.24) is 0 Å². The van der Waals surface area contributed by atoms with E-state index in [1.54, 1.807) is 18.2 Å². The fourth-order valence-electron chi connectivity index (χ4n) is 1.67. The number of benzene rings is 2. The zero-order valence-electron chi connectivity index (χ0n) is 10.7. The summed E-state index contributed by atoms with van der Waals surface area (Å²) in [5.74, 6) is -0.534. The van der Waals surface area contributed by atoms with Crippen LogP contribution in [0.3, 0.4) is 0 Å². The predicted molar refractivity (Wildman–Crippen MR) is 74.4 cm³/mol. The van der Waals surface area contributed by atoms with Crippen LogP contribution >= 0.6 is 11.8 Å². The Labute approximate surface area is 123 Å². The SMILES string of the molecule is O=C(O)c1ccc(CSc2cccc(C(F)(F)F)c2)cc1. The van der Waals surface area contributed by atoms with E-state index in [4.69, 9.17) is 5.11 Å². The van der Waals surface area contributed by atoms with Crippen LogP contribution in [0, 0.1) is 0 Å². The summed E-state index contributed by atoms with van der Waals surface area (Å²) >= 11 is 1.27. The highest BCUT2D eigenvalue weighted by atomic mass is 32.2. The van der Waals surface area contributed by atoms with Crippen molar-refractivity contribution in [2.24, 2.45) is 0 Å². The highest BCUT2D eigenvalue weighted by Gasteiger charge is 2.30. The number of carbonyl (C=O) groups is 1. The number of rotatable bonds is 4. The van der Waals surface area contributed by atoms with Gasteiger partial charge < -0.3 is 5.11 Å². The molecule has 21 heavy (non-hydrogen) atoms. The lowest BCUT2D eigenvalue weighted by molar-refractivity contribution is -0.137. The lowest BCUT2D eigenvalue weighted by atomic mass is 10.1. The van der Waals surface area contributed by atoms with E-state index in [2.05, 4.69) is 0 Å². The van der Waals surface area contributed by atoms with Gasteiger partial charge in [-0.05, 0) is 35.9 Å². The number of hydrogen-bond acceptors (Lipinski definition) is 2. The summed E-state index contributed by atoms with van der Waals surface area (Å²) in [4.78, 5) is 11.2. The maximum atomic E-state index is 12.6. The van der Waals surface area contributed by atoms with Crippen molar-refractivity contribution in [3.63, 3.8) is 0 Å². The fourth-order valence-corrected chi connectivity index (χ4v) is 2.58. The molecule has 0 unspecified atom stereocenters. The molecule has 2 aromatic rings. The second-order valence-electron chi connectivity index (χ2n) is 4.32. The molecule has 0 saturated carbocycles. The molecule has 0 aliphatic heterocycles. The van der Waals surface area contributed by atoms with Gasteiger partial charge in [-0.2, -0.15) is 13.2 Å². The van der Waals surface area contributed by atoms with Crippen LogP contribution in [0.4, 0.5) is 13.2 Å². The molecule has 0 fully saturated rings. The van der Waals surface area contributed by atoms with Gasteiger partial charge >= 0.3 is 12.1 Å². The number of halogens is 3. The summed E-state index contributed by atoms with van der Waals surface area (Å²) in [6.07, 6.45) is -4.35. The van der Waals surface area contributed by atoms with Gasteiger partial charge in [0, 0.05) is 10.6 Å². The zero-order chi connectivity index (χ0) is 15.5. The Morgan fingerprint density at radius 1 is 1.10 bits per heavy atom. The summed E-state index contributed by atoms with van der Waals surface area (Å²) in [6, 6.07) is 11.4. The molecule has 0 heterocycles. The van der Waals surface area contributed by atoms with Gasteiger partial charge in [-0.25, -0.2) is 4.79 Å². The lowest BCUT2D eigenvalue weighted by Crippen LogP contribution is -2.04. The molecule has 0 bridgehead atoms. The smallest absolute Gasteiger partial charge is 0.416 e. The summed E-state index contributed by atoms with van der Waals surface area (Å²) in [5.41, 5.74) is 0.360. The largest absolute Gasteiger partial charge is 0.478 e. The maximum absolute atomic E-state index is 12.6. The van der Waals surface area contributed by atoms with Gasteiger partial charge in [0.05, 0.1) is 11.1 Å². The van der Waals surface area contributed by atoms with E-state index in [9.17, 15) is 18.0 Å². The highest BCUT2D eigenvalue weighted by Crippen LogP contribution is 2.32. The van der Waals surface area contributed by atoms with Crippen LogP contribution in [0.1, 0.15) is 21.5 Å². The Balaban J connectivity index is 2.04. The van der Waals surface area contributed by atoms with Gasteiger partial charge in [-0.1, -0.05) is 18.2 Å². The fraction of sp³-hybridized carbons (Fsp3) is 0.133. The summed E-state index contributed by atoms with van der Waals surface area (Å²) in [7, 11) is 0. The normalized spacial score (nSPS) is 11.4. The molecule has 0 radical (unpaired) electrons. The van der Waals surface area contributed by atoms with Gasteiger partial charge in [-0.15, -0.1) is 11.8 Å². The van der Waals surface area contributed by atoms with Crippen LogP contribution in [0.15, 0.2) is 53.4 Å². The molecule has 110 valence electrons. The molecular weight excluding hydrogens is 301 g/mol. The number of carboxylic acid groups (broad SMARTS) is 1. The molecule has 0 saturated heterocycles. The number of aromatic carboxylic acids is 1. The minimum atomic E-state index is -4.35. The van der Waals surface area contributed by atoms with Gasteiger partial charge in [-0.3, -0.25) is 0 Å². The van der Waals surface area contributed by atoms with Gasteiger partial charge in [0.1, 0.15) is 0 Å². The van der Waals surface area contributed by atoms with E-state index >= 15 is 0 Å². The molecule has 0 aromatic heterocycles. The number of thioether (sulfide) groups is 1. The molecular formula is C15H11F3O2S. The Kier molecular flexibility index (Phi) is 4.57. The van der Waals surface area contributed by atoms with Crippen LogP contribution < -0.4 is 0 Å². The Bertz CT molecular complexity index is 636. The quantitative estimate of drug-likeness (QED) is 0.832. The molecule has 0 aliphatic rings. The second kappa shape index (κ2) is 6.22. The van der Waals surface area contributed by atoms with Crippen molar-refractivity contribution in [3.8, 4) is 0 Å². The van der Waals surface area contributed by atoms with E-state index in [0.717, 1.165) is 17.7 Å². The minimum absolute atomic E-state index is 0.183. The molecule has 2 rings (SSSR count). The van der Waals surface area contributed by atoms with Crippen molar-refractivity contribution >= 4 is 17.7 Å². The molecule has 0 atom stereocenters. The first-order valence-corrected chi connectivity index (χ1v) is 6.97. The average Bonchev–Trinajstić information content (AvgIpc) is 2.45. The standard InChI is InChI=1S/C15H11F3O2S/c16-15(17,18)12-2-1-3-13(8-12)21-9-10-4-6-11(7-5-10)14(19)20/h1-8H,9H2,(H,19,20). The van der Waals surface area contributed by atoms with E-state index in [0.29, 0.717) is 10.6 Å². The second-order valence-corrected chi connectivity index (χ2v) is 5.37. The third-order valence-electron chi connectivity index (χ3n) is 2.77. The topological polar surface area (TPSA) is 37.3 Å². The van der Waals surface area contributed by atoms with Crippen LogP contribution in [-0.4, -0.2) is 11.1 Å². The summed E-state index contributed by atoms with van der Waals surface area (Å²) in [6.45, 7) is 0. The molecule has 0 spiro atoms. The first-order valence-electron chi connectivity index (χ1n) is 5.98. The monoisotopic (exact) mass is 312 g/mol. The van der Waals surface area contributed by atoms with Gasteiger partial charge in [0.15, 0.2) is 0 Å². The maximum Gasteiger partial charge on any atom is 0.416 e. The van der Waals surface area contributed by atoms with Crippen molar-refractivity contribution in [1.29, 1.82) is 0 Å². The van der Waals surface area contributed by atoms with Crippen molar-refractivity contribution in [3.05, 3.63) is 65.2 Å². The van der Waals surface area contributed by atoms with Crippen LogP contribution in [-0.2, 0) is 11.9 Å². The van der Waals surface area contributed by atoms with Crippen molar-refractivity contribution in [2.45, 2.75) is 16.8 Å². The molecule has 2 aromatic carbocycles. The van der Waals surface area contributed by atoms with Gasteiger partial charge in [0.25, 0.3) is 0 Å². The molecule has 0 amide bonds. The minimum Gasteiger partial charge on any atom is -0.478 e. The molecule has 6 heteroatoms. The van der Waals surface area contributed by atoms with Crippen molar-refractivity contribution in [2.75, 3.05) is 0 Å². The lowest BCUT2D eigenvalue weighted by Gasteiger charge is -2.08. The Hall–Kier alpha value is -1.95. The van der Waals surface area contributed by atoms with Crippen molar-refractivity contribution < 1.29 is 23.1 Å². The predicted octanol–water partition coefficient (Wildman–Crippen LogP) is 4.70. The Morgan fingerprint density at radius 2 is 1.76 bits per heavy atom. The van der Waals surface area contributed by atoms with Gasteiger partial charge in [0.2, 0.25) is 0 Å². The number of alkyl halides is 3. The molecule has 1 N–H and O–H groups in total. The number of hydrogen-bond donors (Lipinski definition) is 1. The van der Waals surface area contributed by atoms with E-state index in [1.165, 1.54) is 30.0 Å². The summed E-state index contributed by atoms with van der Waals surface area (Å²) in [5, 5.41) is 8.78. The molecule has 0 aliphatic carbocycles. The zero-order valence-corrected chi connectivity index (χ0v) is 11.5. The van der Waals surface area contributed by atoms with Crippen LogP contribution in [0.25, 0.3) is 0 Å². The van der Waals surface area contributed by atoms with E-state index < -0.39 is 17.7 Å². The van der Waals surface area contributed by atoms with Crippen LogP contribution in [0.2, 0.25) is 0 Å². The number of carboxylic acids is 1. The van der Waals surface area contributed by atoms with Crippen LogP contribution in [0.5, 0.6) is 0 Å². The Morgan fingerprint density at radius 3 is 2.33 bits per heavy atom. The molecule has 2 nitrogen and oxygen atoms in total. The summed E-state index contributed by atoms with van der Waals surface area (Å²) < 4.78 is 37.8. The first kappa shape index (κ1) is 15.4.